The number of amides is 5. The lowest BCUT2D eigenvalue weighted by Gasteiger charge is -2.26. The Hall–Kier alpha value is -2.79. The number of hydrogen-bond acceptors (Lipinski definition) is 8. The number of ether oxygens (including phenoxy) is 1. The molecule has 1 aromatic rings. The molecule has 10 nitrogen and oxygen atoms in total. The number of hydrogen-bond donors (Lipinski definition) is 3. The van der Waals surface area contributed by atoms with E-state index in [0.29, 0.717) is 29.4 Å². The van der Waals surface area contributed by atoms with E-state index in [4.69, 9.17) is 0 Å². The van der Waals surface area contributed by atoms with E-state index in [1.165, 1.54) is 38.1 Å². The molecular weight excluding hydrogens is 450 g/mol. The molecule has 0 aliphatic heterocycles. The molecule has 11 heteroatoms. The molecule has 0 saturated heterocycles. The Morgan fingerprint density at radius 1 is 1.12 bits per heavy atom. The van der Waals surface area contributed by atoms with Gasteiger partial charge in [-0.1, -0.05) is 20.3 Å². The number of hydroxylamine groups is 2. The van der Waals surface area contributed by atoms with Gasteiger partial charge in [0, 0.05) is 30.7 Å². The molecule has 0 aliphatic carbocycles. The average molecular weight is 484 g/mol. The summed E-state index contributed by atoms with van der Waals surface area (Å²) in [6, 6.07) is 4.48. The summed E-state index contributed by atoms with van der Waals surface area (Å²) in [5.74, 6) is -1.27. The summed E-state index contributed by atoms with van der Waals surface area (Å²) in [6.45, 7) is 3.83. The van der Waals surface area contributed by atoms with Crippen molar-refractivity contribution in [3.8, 4) is 5.75 Å². The van der Waals surface area contributed by atoms with E-state index >= 15 is 0 Å². The third kappa shape index (κ3) is 9.70. The Morgan fingerprint density at radius 2 is 1.76 bits per heavy atom. The fraction of sp³-hybridized carbons (Fsp3) is 0.545. The van der Waals surface area contributed by atoms with Crippen LogP contribution in [0.5, 0.6) is 5.75 Å². The highest BCUT2D eigenvalue weighted by atomic mass is 32.2. The summed E-state index contributed by atoms with van der Waals surface area (Å²) < 4.78 is 4.54. The van der Waals surface area contributed by atoms with Crippen LogP contribution in [-0.4, -0.2) is 70.7 Å². The van der Waals surface area contributed by atoms with Gasteiger partial charge in [0.1, 0.15) is 5.75 Å². The van der Waals surface area contributed by atoms with Crippen molar-refractivity contribution in [3.05, 3.63) is 24.3 Å². The Labute approximate surface area is 198 Å². The quantitative estimate of drug-likeness (QED) is 0.188. The highest BCUT2D eigenvalue weighted by molar-refractivity contribution is 7.99. The van der Waals surface area contributed by atoms with Crippen molar-refractivity contribution < 1.29 is 34.2 Å². The number of nitrogens with zero attached hydrogens (tertiary/aromatic N) is 2. The maximum absolute atomic E-state index is 13.0. The predicted octanol–water partition coefficient (Wildman–Crippen LogP) is 3.47. The largest absolute Gasteiger partial charge is 0.508 e. The van der Waals surface area contributed by atoms with Crippen molar-refractivity contribution >= 4 is 35.7 Å². The smallest absolute Gasteiger partial charge is 0.359 e. The lowest BCUT2D eigenvalue weighted by Crippen LogP contribution is -2.52. The lowest BCUT2D eigenvalue weighted by atomic mass is 9.98. The SMILES string of the molecule is CNC(=O)N(CCCC(=O)OC)C(=O)N(O)C(=O)[C@H](CCC(C)C)CSc1ccc(O)cc1. The number of carbonyl (C=O) groups excluding carboxylic acids is 4. The Balaban J connectivity index is 2.91. The molecule has 0 fully saturated rings. The summed E-state index contributed by atoms with van der Waals surface area (Å²) in [4.78, 5) is 50.7. The van der Waals surface area contributed by atoms with Crippen LogP contribution >= 0.6 is 11.8 Å². The summed E-state index contributed by atoms with van der Waals surface area (Å²) >= 11 is 1.36. The first kappa shape index (κ1) is 28.2. The molecule has 5 amide bonds. The van der Waals surface area contributed by atoms with Gasteiger partial charge in [0.15, 0.2) is 0 Å². The predicted molar refractivity (Wildman–Crippen MR) is 123 cm³/mol. The molecule has 1 rings (SSSR count). The van der Waals surface area contributed by atoms with E-state index in [2.05, 4.69) is 10.1 Å². The monoisotopic (exact) mass is 483 g/mol. The van der Waals surface area contributed by atoms with E-state index < -0.39 is 29.9 Å². The third-order valence-electron chi connectivity index (χ3n) is 4.80. The fourth-order valence-electron chi connectivity index (χ4n) is 2.84. The van der Waals surface area contributed by atoms with E-state index in [-0.39, 0.29) is 30.2 Å². The molecule has 184 valence electrons. The second kappa shape index (κ2) is 14.4. The van der Waals surface area contributed by atoms with E-state index in [0.717, 1.165) is 4.90 Å². The van der Waals surface area contributed by atoms with Crippen LogP contribution in [-0.2, 0) is 14.3 Å². The maximum Gasteiger partial charge on any atom is 0.359 e. The summed E-state index contributed by atoms with van der Waals surface area (Å²) in [5, 5.41) is 22.1. The van der Waals surface area contributed by atoms with Crippen LogP contribution in [0.25, 0.3) is 0 Å². The number of thioether (sulfide) groups is 1. The number of phenolic OH excluding ortho intramolecular Hbond substituents is 1. The maximum atomic E-state index is 13.0. The van der Waals surface area contributed by atoms with E-state index in [1.807, 2.05) is 13.8 Å². The second-order valence-corrected chi connectivity index (χ2v) is 8.89. The van der Waals surface area contributed by atoms with Gasteiger partial charge in [-0.25, -0.2) is 14.5 Å². The van der Waals surface area contributed by atoms with Crippen molar-refractivity contribution in [2.75, 3.05) is 26.5 Å². The van der Waals surface area contributed by atoms with Crippen LogP contribution in [0.2, 0.25) is 0 Å². The summed E-state index contributed by atoms with van der Waals surface area (Å²) in [7, 11) is 2.54. The molecular formula is C22H33N3O7S. The number of urea groups is 2. The third-order valence-corrected chi connectivity index (χ3v) is 5.97. The number of methoxy groups -OCH3 is 1. The van der Waals surface area contributed by atoms with E-state index in [9.17, 15) is 29.5 Å². The zero-order chi connectivity index (χ0) is 25.0. The molecule has 1 atom stereocenters. The van der Waals surface area contributed by atoms with Gasteiger partial charge in [0.2, 0.25) is 0 Å². The van der Waals surface area contributed by atoms with Gasteiger partial charge in [0.25, 0.3) is 5.91 Å². The molecule has 1 aromatic carbocycles. The number of nitrogens with one attached hydrogen (secondary N) is 1. The van der Waals surface area contributed by atoms with Gasteiger partial charge in [-0.05, 0) is 43.0 Å². The number of carbonyl (C=O) groups is 4. The van der Waals surface area contributed by atoms with Gasteiger partial charge in [0.05, 0.1) is 13.0 Å². The number of rotatable bonds is 11. The minimum atomic E-state index is -1.19. The minimum absolute atomic E-state index is 0.0181. The number of phenols is 1. The van der Waals surface area contributed by atoms with Crippen LogP contribution in [0.15, 0.2) is 29.2 Å². The van der Waals surface area contributed by atoms with Crippen molar-refractivity contribution in [2.45, 2.75) is 44.4 Å². The lowest BCUT2D eigenvalue weighted by molar-refractivity contribution is -0.158. The Morgan fingerprint density at radius 3 is 2.30 bits per heavy atom. The molecule has 0 spiro atoms. The Bertz CT molecular complexity index is 802. The first-order valence-electron chi connectivity index (χ1n) is 10.6. The van der Waals surface area contributed by atoms with Crippen molar-refractivity contribution in [3.63, 3.8) is 0 Å². The van der Waals surface area contributed by atoms with Crippen LogP contribution in [0.4, 0.5) is 9.59 Å². The molecule has 0 aromatic heterocycles. The molecule has 0 aliphatic rings. The highest BCUT2D eigenvalue weighted by Gasteiger charge is 2.33. The zero-order valence-corrected chi connectivity index (χ0v) is 20.3. The van der Waals surface area contributed by atoms with Crippen LogP contribution in [0.3, 0.4) is 0 Å². The first-order chi connectivity index (χ1) is 15.6. The van der Waals surface area contributed by atoms with Gasteiger partial charge in [-0.15, -0.1) is 16.8 Å². The van der Waals surface area contributed by atoms with Gasteiger partial charge < -0.3 is 15.2 Å². The number of esters is 1. The van der Waals surface area contributed by atoms with Gasteiger partial charge in [-0.2, -0.15) is 0 Å². The Kier molecular flexibility index (Phi) is 12.3. The van der Waals surface area contributed by atoms with Gasteiger partial charge in [-0.3, -0.25) is 14.8 Å². The fourth-order valence-corrected chi connectivity index (χ4v) is 3.87. The molecule has 0 saturated carbocycles. The first-order valence-corrected chi connectivity index (χ1v) is 11.6. The summed E-state index contributed by atoms with van der Waals surface area (Å²) in [6.07, 6.45) is 1.22. The highest BCUT2D eigenvalue weighted by Crippen LogP contribution is 2.26. The number of aromatic hydroxyl groups is 1. The number of imide groups is 2. The molecule has 0 radical (unpaired) electrons. The standard InChI is InChI=1S/C22H33N3O7S/c1-15(2)7-8-16(14-33-18-11-9-17(26)10-12-18)20(28)25(31)22(30)24(21(29)23-3)13-5-6-19(27)32-4/h9-12,15-16,26,31H,5-8,13-14H2,1-4H3,(H,23,29)/t16-/m1/s1. The minimum Gasteiger partial charge on any atom is -0.508 e. The average Bonchev–Trinajstić information content (AvgIpc) is 2.80. The zero-order valence-electron chi connectivity index (χ0n) is 19.4. The number of benzene rings is 1. The second-order valence-electron chi connectivity index (χ2n) is 7.79. The molecule has 3 N–H and O–H groups in total. The topological polar surface area (TPSA) is 136 Å². The molecule has 33 heavy (non-hydrogen) atoms. The van der Waals surface area contributed by atoms with Crippen LogP contribution in [0.1, 0.15) is 39.5 Å². The van der Waals surface area contributed by atoms with Crippen LogP contribution < -0.4 is 5.32 Å². The van der Waals surface area contributed by atoms with Crippen molar-refractivity contribution in [2.24, 2.45) is 11.8 Å². The van der Waals surface area contributed by atoms with Gasteiger partial charge >= 0.3 is 18.0 Å². The van der Waals surface area contributed by atoms with Crippen molar-refractivity contribution in [1.29, 1.82) is 0 Å². The van der Waals surface area contributed by atoms with Crippen LogP contribution in [0, 0.1) is 11.8 Å². The molecule has 0 unspecified atom stereocenters. The normalized spacial score (nSPS) is 11.6. The molecule has 0 heterocycles. The van der Waals surface area contributed by atoms with E-state index in [1.54, 1.807) is 12.1 Å². The van der Waals surface area contributed by atoms with Crippen molar-refractivity contribution in [1.82, 2.24) is 15.3 Å². The summed E-state index contributed by atoms with van der Waals surface area (Å²) in [5.41, 5.74) is 0. The molecule has 0 bridgehead atoms.